The Balaban J connectivity index is 1.27. The second-order valence-electron chi connectivity index (χ2n) is 8.10. The molecule has 5 rings (SSSR count). The van der Waals surface area contributed by atoms with Crippen LogP contribution in [-0.4, -0.2) is 33.2 Å². The number of aryl methyl sites for hydroxylation is 1. The van der Waals surface area contributed by atoms with Crippen LogP contribution in [0.1, 0.15) is 29.5 Å². The maximum Gasteiger partial charge on any atom is 0.173 e. The van der Waals surface area contributed by atoms with Crippen molar-refractivity contribution < 1.29 is 8.91 Å². The van der Waals surface area contributed by atoms with Gasteiger partial charge in [-0.2, -0.15) is 0 Å². The van der Waals surface area contributed by atoms with Crippen molar-refractivity contribution in [3.63, 3.8) is 0 Å². The summed E-state index contributed by atoms with van der Waals surface area (Å²) in [5.74, 6) is 0.827. The summed E-state index contributed by atoms with van der Waals surface area (Å²) in [7, 11) is 0. The third-order valence-electron chi connectivity index (χ3n) is 5.91. The molecule has 0 unspecified atom stereocenters. The summed E-state index contributed by atoms with van der Waals surface area (Å²) in [6.07, 6.45) is 1.99. The number of nitrogens with zero attached hydrogens (tertiary/aromatic N) is 3. The fourth-order valence-electron chi connectivity index (χ4n) is 4.12. The van der Waals surface area contributed by atoms with Gasteiger partial charge >= 0.3 is 0 Å². The zero-order valence-corrected chi connectivity index (χ0v) is 19.8. The summed E-state index contributed by atoms with van der Waals surface area (Å²) >= 11 is 7.29. The Labute approximate surface area is 201 Å². The zero-order valence-electron chi connectivity index (χ0n) is 18.1. The number of rotatable bonds is 4. The maximum absolute atomic E-state index is 13.4. The van der Waals surface area contributed by atoms with Crippen molar-refractivity contribution in [1.82, 2.24) is 15.0 Å². The van der Waals surface area contributed by atoms with Crippen molar-refractivity contribution in [1.29, 1.82) is 0 Å². The summed E-state index contributed by atoms with van der Waals surface area (Å²) < 4.78 is 18.8. The van der Waals surface area contributed by atoms with E-state index in [0.717, 1.165) is 58.6 Å². The minimum atomic E-state index is -0.277. The second-order valence-corrected chi connectivity index (χ2v) is 9.37. The third kappa shape index (κ3) is 4.67. The minimum Gasteiger partial charge on any atom is -0.360 e. The van der Waals surface area contributed by atoms with Crippen molar-refractivity contribution in [3.05, 3.63) is 76.6 Å². The fraction of sp³-hybridized carbons (Fsp3) is 0.240. The summed E-state index contributed by atoms with van der Waals surface area (Å²) in [6.45, 7) is 3.67. The van der Waals surface area contributed by atoms with Crippen LogP contribution in [0.2, 0.25) is 0 Å². The van der Waals surface area contributed by atoms with Crippen LogP contribution in [0.4, 0.5) is 10.1 Å². The molecule has 2 aromatic heterocycles. The fourth-order valence-corrected chi connectivity index (χ4v) is 5.40. The molecule has 0 radical (unpaired) electrons. The molecule has 168 valence electrons. The molecular weight excluding hydrogens is 455 g/mol. The number of hydrogen-bond acceptors (Lipinski definition) is 5. The monoisotopic (exact) mass is 478 g/mol. The van der Waals surface area contributed by atoms with Gasteiger partial charge in [-0.05, 0) is 68.4 Å². The largest absolute Gasteiger partial charge is 0.360 e. The quantitative estimate of drug-likeness (QED) is 0.339. The first-order chi connectivity index (χ1) is 16.1. The van der Waals surface area contributed by atoms with Crippen molar-refractivity contribution in [3.8, 4) is 22.5 Å². The van der Waals surface area contributed by atoms with E-state index in [1.807, 2.05) is 37.3 Å². The van der Waals surface area contributed by atoms with Crippen molar-refractivity contribution >= 4 is 34.4 Å². The van der Waals surface area contributed by atoms with Gasteiger partial charge in [-0.15, -0.1) is 11.3 Å². The average molecular weight is 479 g/mol. The van der Waals surface area contributed by atoms with Crippen molar-refractivity contribution in [2.24, 2.45) is 0 Å². The van der Waals surface area contributed by atoms with Crippen LogP contribution in [0.3, 0.4) is 0 Å². The highest BCUT2D eigenvalue weighted by Crippen LogP contribution is 2.38. The van der Waals surface area contributed by atoms with Crippen LogP contribution < -0.4 is 5.32 Å². The molecule has 2 aromatic carbocycles. The zero-order chi connectivity index (χ0) is 22.8. The molecular formula is C25H23FN4OS2. The van der Waals surface area contributed by atoms with Gasteiger partial charge in [-0.25, -0.2) is 9.37 Å². The molecule has 0 amide bonds. The number of benzene rings is 2. The predicted molar refractivity (Wildman–Crippen MR) is 134 cm³/mol. The highest BCUT2D eigenvalue weighted by molar-refractivity contribution is 7.80. The number of piperidine rings is 1. The molecule has 0 bridgehead atoms. The van der Waals surface area contributed by atoms with Gasteiger partial charge in [0.2, 0.25) is 0 Å². The third-order valence-corrected chi connectivity index (χ3v) is 7.28. The number of halogens is 1. The van der Waals surface area contributed by atoms with Gasteiger partial charge in [0.1, 0.15) is 17.3 Å². The first-order valence-corrected chi connectivity index (χ1v) is 12.2. The summed E-state index contributed by atoms with van der Waals surface area (Å²) in [5.41, 5.74) is 4.24. The molecule has 5 nitrogen and oxygen atoms in total. The highest BCUT2D eigenvalue weighted by atomic mass is 32.1. The van der Waals surface area contributed by atoms with Crippen LogP contribution in [0, 0.1) is 12.7 Å². The Morgan fingerprint density at radius 2 is 1.85 bits per heavy atom. The van der Waals surface area contributed by atoms with Gasteiger partial charge in [0.05, 0.1) is 16.3 Å². The average Bonchev–Trinajstić information content (AvgIpc) is 3.47. The minimum absolute atomic E-state index is 0.277. The Morgan fingerprint density at radius 1 is 1.12 bits per heavy atom. The number of hydrogen-bond donors (Lipinski definition) is 1. The number of likely N-dealkylation sites (tertiary alicyclic amines) is 1. The molecule has 33 heavy (non-hydrogen) atoms. The Kier molecular flexibility index (Phi) is 6.20. The van der Waals surface area contributed by atoms with Crippen LogP contribution in [0.15, 0.2) is 64.5 Å². The number of nitrogens with one attached hydrogen (secondary N) is 1. The van der Waals surface area contributed by atoms with E-state index < -0.39 is 0 Å². The van der Waals surface area contributed by atoms with Gasteiger partial charge in [0.25, 0.3) is 0 Å². The van der Waals surface area contributed by atoms with E-state index in [-0.39, 0.29) is 5.82 Å². The van der Waals surface area contributed by atoms with Gasteiger partial charge in [0, 0.05) is 35.6 Å². The predicted octanol–water partition coefficient (Wildman–Crippen LogP) is 6.49. The number of thiocarbonyl (C=S) groups is 1. The lowest BCUT2D eigenvalue weighted by Crippen LogP contribution is -2.40. The molecule has 1 aliphatic rings. The molecule has 1 aliphatic heterocycles. The number of para-hydroxylation sites is 1. The van der Waals surface area contributed by atoms with Crippen LogP contribution in [0.5, 0.6) is 0 Å². The topological polar surface area (TPSA) is 54.2 Å². The highest BCUT2D eigenvalue weighted by Gasteiger charge is 2.26. The number of thiazole rings is 1. The normalized spacial score (nSPS) is 14.4. The molecule has 1 saturated heterocycles. The summed E-state index contributed by atoms with van der Waals surface area (Å²) in [4.78, 5) is 7.18. The van der Waals surface area contributed by atoms with E-state index in [0.29, 0.717) is 17.4 Å². The maximum atomic E-state index is 13.4. The molecule has 0 saturated carbocycles. The van der Waals surface area contributed by atoms with E-state index >= 15 is 0 Å². The summed E-state index contributed by atoms with van der Waals surface area (Å²) in [5, 5.41) is 11.5. The standard InChI is InChI=1S/C25H23FN4OS2/c1-16-22(23(29-31-16)17-7-9-19(26)10-8-17)21-15-33-24(28-21)18-11-13-30(14-12-18)25(32)27-20-5-3-2-4-6-20/h2-10,15,18H,11-14H2,1H3,(H,27,32). The Morgan fingerprint density at radius 3 is 2.58 bits per heavy atom. The molecule has 3 heterocycles. The van der Waals surface area contributed by atoms with Gasteiger partial charge < -0.3 is 14.7 Å². The van der Waals surface area contributed by atoms with Crippen molar-refractivity contribution in [2.75, 3.05) is 18.4 Å². The van der Waals surface area contributed by atoms with Crippen molar-refractivity contribution in [2.45, 2.75) is 25.7 Å². The molecule has 4 aromatic rings. The van der Waals surface area contributed by atoms with Crippen LogP contribution in [-0.2, 0) is 0 Å². The van der Waals surface area contributed by atoms with Gasteiger partial charge in [0.15, 0.2) is 5.11 Å². The molecule has 8 heteroatoms. The van der Waals surface area contributed by atoms with Crippen LogP contribution in [0.25, 0.3) is 22.5 Å². The van der Waals surface area contributed by atoms with Gasteiger partial charge in [-0.1, -0.05) is 23.4 Å². The molecule has 0 atom stereocenters. The smallest absolute Gasteiger partial charge is 0.173 e. The summed E-state index contributed by atoms with van der Waals surface area (Å²) in [6, 6.07) is 16.3. The Bertz CT molecular complexity index is 1250. The first kappa shape index (κ1) is 21.7. The molecule has 0 aliphatic carbocycles. The molecule has 1 N–H and O–H groups in total. The first-order valence-electron chi connectivity index (χ1n) is 10.9. The second kappa shape index (κ2) is 9.41. The molecule has 0 spiro atoms. The SMILES string of the molecule is Cc1onc(-c2ccc(F)cc2)c1-c1csc(C2CCN(C(=S)Nc3ccccc3)CC2)n1. The van der Waals surface area contributed by atoms with E-state index in [4.69, 9.17) is 21.7 Å². The van der Waals surface area contributed by atoms with E-state index in [2.05, 4.69) is 20.8 Å². The molecule has 1 fully saturated rings. The van der Waals surface area contributed by atoms with Gasteiger partial charge in [-0.3, -0.25) is 0 Å². The lowest BCUT2D eigenvalue weighted by atomic mass is 9.97. The van der Waals surface area contributed by atoms with E-state index in [1.54, 1.807) is 23.5 Å². The lowest BCUT2D eigenvalue weighted by molar-refractivity contribution is 0.316. The number of anilines is 1. The van der Waals surface area contributed by atoms with E-state index in [1.165, 1.54) is 12.1 Å². The van der Waals surface area contributed by atoms with Crippen LogP contribution >= 0.6 is 23.6 Å². The lowest BCUT2D eigenvalue weighted by Gasteiger charge is -2.33. The Hall–Kier alpha value is -3.10. The number of aromatic nitrogens is 2. The van der Waals surface area contributed by atoms with E-state index in [9.17, 15) is 4.39 Å².